The summed E-state index contributed by atoms with van der Waals surface area (Å²) < 4.78 is 12.6. The number of nitrogens with zero attached hydrogens (tertiary/aromatic N) is 1. The molecule has 0 bridgehead atoms. The van der Waals surface area contributed by atoms with Crippen LogP contribution in [-0.4, -0.2) is 16.2 Å². The highest BCUT2D eigenvalue weighted by atomic mass is 19.1. The quantitative estimate of drug-likeness (QED) is 0.757. The van der Waals surface area contributed by atoms with E-state index in [2.05, 4.69) is 9.98 Å². The standard InChI is InChI=1S/C11H8FN3O2/c12-8-3-1-7(2-4-8)5-13-9-6-14-11(17)15-10(9)16/h1-6H,(H2,14,15,16,17). The van der Waals surface area contributed by atoms with Crippen LogP contribution in [0.2, 0.25) is 0 Å². The Morgan fingerprint density at radius 1 is 1.18 bits per heavy atom. The second kappa shape index (κ2) is 4.56. The van der Waals surface area contributed by atoms with Gasteiger partial charge in [0.05, 0.1) is 0 Å². The third kappa shape index (κ3) is 2.75. The van der Waals surface area contributed by atoms with E-state index >= 15 is 0 Å². The summed E-state index contributed by atoms with van der Waals surface area (Å²) >= 11 is 0. The molecular formula is C11H8FN3O2. The molecule has 2 aromatic rings. The Morgan fingerprint density at radius 3 is 2.53 bits per heavy atom. The third-order valence-corrected chi connectivity index (χ3v) is 2.02. The summed E-state index contributed by atoms with van der Waals surface area (Å²) in [5.41, 5.74) is -0.436. The van der Waals surface area contributed by atoms with Crippen LogP contribution in [0.1, 0.15) is 5.56 Å². The van der Waals surface area contributed by atoms with Gasteiger partial charge in [-0.15, -0.1) is 0 Å². The number of halogens is 1. The number of aromatic nitrogens is 2. The van der Waals surface area contributed by atoms with Gasteiger partial charge in [-0.1, -0.05) is 12.1 Å². The van der Waals surface area contributed by atoms with E-state index in [4.69, 9.17) is 0 Å². The highest BCUT2D eigenvalue weighted by Gasteiger charge is 1.96. The van der Waals surface area contributed by atoms with E-state index in [1.165, 1.54) is 36.7 Å². The Labute approximate surface area is 94.7 Å². The summed E-state index contributed by atoms with van der Waals surface area (Å²) in [6.45, 7) is 0. The maximum Gasteiger partial charge on any atom is 0.325 e. The molecule has 0 aliphatic rings. The van der Waals surface area contributed by atoms with E-state index < -0.39 is 11.2 Å². The van der Waals surface area contributed by atoms with Crippen LogP contribution in [0.5, 0.6) is 0 Å². The molecule has 0 unspecified atom stereocenters. The lowest BCUT2D eigenvalue weighted by Crippen LogP contribution is -2.20. The molecule has 0 amide bonds. The lowest BCUT2D eigenvalue weighted by molar-refractivity contribution is 0.628. The third-order valence-electron chi connectivity index (χ3n) is 2.02. The number of aliphatic imine (C=N–C) groups is 1. The minimum Gasteiger partial charge on any atom is -0.312 e. The maximum atomic E-state index is 12.6. The van der Waals surface area contributed by atoms with Gasteiger partial charge in [0.15, 0.2) is 0 Å². The average Bonchev–Trinajstić information content (AvgIpc) is 2.30. The van der Waals surface area contributed by atoms with Crippen LogP contribution in [0.4, 0.5) is 10.1 Å². The number of H-pyrrole nitrogens is 2. The minimum absolute atomic E-state index is 0.0777. The summed E-state index contributed by atoms with van der Waals surface area (Å²) in [7, 11) is 0. The van der Waals surface area contributed by atoms with Crippen molar-refractivity contribution in [3.8, 4) is 0 Å². The molecule has 0 radical (unpaired) electrons. The first-order chi connectivity index (χ1) is 8.15. The topological polar surface area (TPSA) is 78.1 Å². The van der Waals surface area contributed by atoms with Crippen LogP contribution < -0.4 is 11.2 Å². The molecule has 1 aromatic heterocycles. The first kappa shape index (κ1) is 11.0. The van der Waals surface area contributed by atoms with Crippen LogP contribution in [0, 0.1) is 5.82 Å². The second-order valence-corrected chi connectivity index (χ2v) is 3.27. The van der Waals surface area contributed by atoms with Crippen molar-refractivity contribution in [1.82, 2.24) is 9.97 Å². The zero-order valence-electron chi connectivity index (χ0n) is 8.61. The van der Waals surface area contributed by atoms with E-state index in [9.17, 15) is 14.0 Å². The molecule has 17 heavy (non-hydrogen) atoms. The van der Waals surface area contributed by atoms with E-state index in [0.717, 1.165) is 0 Å². The van der Waals surface area contributed by atoms with Crippen LogP contribution in [0.25, 0.3) is 0 Å². The second-order valence-electron chi connectivity index (χ2n) is 3.27. The van der Waals surface area contributed by atoms with Gasteiger partial charge in [-0.2, -0.15) is 0 Å². The van der Waals surface area contributed by atoms with Crippen molar-refractivity contribution in [2.45, 2.75) is 0 Å². The molecular weight excluding hydrogens is 225 g/mol. The predicted molar refractivity (Wildman–Crippen MR) is 61.3 cm³/mol. The van der Waals surface area contributed by atoms with Crippen molar-refractivity contribution in [2.75, 3.05) is 0 Å². The van der Waals surface area contributed by atoms with E-state index in [1.54, 1.807) is 0 Å². The summed E-state index contributed by atoms with van der Waals surface area (Å²) in [6, 6.07) is 5.63. The van der Waals surface area contributed by atoms with Gasteiger partial charge in [0.1, 0.15) is 11.5 Å². The van der Waals surface area contributed by atoms with Crippen LogP contribution in [0.3, 0.4) is 0 Å². The van der Waals surface area contributed by atoms with Crippen LogP contribution >= 0.6 is 0 Å². The van der Waals surface area contributed by atoms with Gasteiger partial charge < -0.3 is 4.98 Å². The maximum absolute atomic E-state index is 12.6. The lowest BCUT2D eigenvalue weighted by Gasteiger charge is -1.93. The Hall–Kier alpha value is -2.50. The van der Waals surface area contributed by atoms with Crippen LogP contribution in [0.15, 0.2) is 45.0 Å². The fourth-order valence-electron chi connectivity index (χ4n) is 1.19. The van der Waals surface area contributed by atoms with Crippen molar-refractivity contribution in [2.24, 2.45) is 4.99 Å². The van der Waals surface area contributed by atoms with E-state index in [-0.39, 0.29) is 11.5 Å². The molecule has 0 aliphatic carbocycles. The number of hydrogen-bond donors (Lipinski definition) is 2. The Balaban J connectivity index is 2.29. The Kier molecular flexibility index (Phi) is 2.95. The van der Waals surface area contributed by atoms with Crippen molar-refractivity contribution < 1.29 is 4.39 Å². The molecule has 6 heteroatoms. The van der Waals surface area contributed by atoms with Crippen molar-refractivity contribution in [3.63, 3.8) is 0 Å². The highest BCUT2D eigenvalue weighted by Crippen LogP contribution is 2.03. The molecule has 5 nitrogen and oxygen atoms in total. The first-order valence-electron chi connectivity index (χ1n) is 4.77. The number of aromatic amines is 2. The van der Waals surface area contributed by atoms with Gasteiger partial charge in [0, 0.05) is 12.4 Å². The summed E-state index contributed by atoms with van der Waals surface area (Å²) in [5.74, 6) is -0.343. The molecule has 1 aromatic carbocycles. The molecule has 86 valence electrons. The van der Waals surface area contributed by atoms with Crippen molar-refractivity contribution in [1.29, 1.82) is 0 Å². The molecule has 0 fully saturated rings. The first-order valence-corrected chi connectivity index (χ1v) is 4.77. The number of benzene rings is 1. The smallest absolute Gasteiger partial charge is 0.312 e. The largest absolute Gasteiger partial charge is 0.325 e. The Bertz CT molecular complexity index is 655. The van der Waals surface area contributed by atoms with E-state index in [0.29, 0.717) is 5.56 Å². The summed E-state index contributed by atoms with van der Waals surface area (Å²) in [6.07, 6.45) is 2.61. The molecule has 0 saturated heterocycles. The molecule has 2 rings (SSSR count). The SMILES string of the molecule is O=c1[nH]cc(N=Cc2ccc(F)cc2)c(=O)[nH]1. The van der Waals surface area contributed by atoms with Gasteiger partial charge in [0.25, 0.3) is 5.56 Å². The van der Waals surface area contributed by atoms with Crippen molar-refractivity contribution >= 4 is 11.9 Å². The fourth-order valence-corrected chi connectivity index (χ4v) is 1.19. The van der Waals surface area contributed by atoms with Gasteiger partial charge in [-0.3, -0.25) is 9.78 Å². The number of rotatable bonds is 2. The molecule has 0 spiro atoms. The minimum atomic E-state index is -0.587. The van der Waals surface area contributed by atoms with E-state index in [1.807, 2.05) is 4.98 Å². The van der Waals surface area contributed by atoms with Crippen LogP contribution in [-0.2, 0) is 0 Å². The lowest BCUT2D eigenvalue weighted by atomic mass is 10.2. The molecule has 2 N–H and O–H groups in total. The molecule has 0 atom stereocenters. The van der Waals surface area contributed by atoms with Gasteiger partial charge in [-0.05, 0) is 17.7 Å². The monoisotopic (exact) mass is 233 g/mol. The average molecular weight is 233 g/mol. The predicted octanol–water partition coefficient (Wildman–Crippen LogP) is 0.953. The zero-order chi connectivity index (χ0) is 12.3. The van der Waals surface area contributed by atoms with Gasteiger partial charge in [-0.25, -0.2) is 14.2 Å². The zero-order valence-corrected chi connectivity index (χ0v) is 8.61. The van der Waals surface area contributed by atoms with Gasteiger partial charge >= 0.3 is 5.69 Å². The summed E-state index contributed by atoms with van der Waals surface area (Å²) in [4.78, 5) is 30.2. The normalized spacial score (nSPS) is 10.9. The highest BCUT2D eigenvalue weighted by molar-refractivity contribution is 5.81. The number of nitrogens with one attached hydrogen (secondary N) is 2. The Morgan fingerprint density at radius 2 is 1.88 bits per heavy atom. The van der Waals surface area contributed by atoms with Gasteiger partial charge in [0.2, 0.25) is 0 Å². The molecule has 1 heterocycles. The van der Waals surface area contributed by atoms with Crippen molar-refractivity contribution in [3.05, 3.63) is 62.7 Å². The number of hydrogen-bond acceptors (Lipinski definition) is 3. The molecule has 0 saturated carbocycles. The molecule has 0 aliphatic heterocycles. The summed E-state index contributed by atoms with van der Waals surface area (Å²) in [5, 5.41) is 0. The fraction of sp³-hybridized carbons (Fsp3) is 0.